The number of Topliss-reactive ketones (excluding diaryl/α,β-unsaturated/α-hetero) is 1. The van der Waals surface area contributed by atoms with Gasteiger partial charge in [0.05, 0.1) is 13.0 Å². The van der Waals surface area contributed by atoms with Crippen LogP contribution < -0.4 is 9.64 Å². The molecular formula is C20H19NO3. The van der Waals surface area contributed by atoms with Gasteiger partial charge in [0.2, 0.25) is 5.91 Å². The molecule has 3 rings (SSSR count). The van der Waals surface area contributed by atoms with E-state index in [4.69, 9.17) is 4.74 Å². The van der Waals surface area contributed by atoms with Crippen molar-refractivity contribution in [1.29, 1.82) is 0 Å². The number of rotatable bonds is 5. The summed E-state index contributed by atoms with van der Waals surface area (Å²) >= 11 is 0. The first-order chi connectivity index (χ1) is 11.5. The standard InChI is InChI=1S/C20H19NO3/c1-13(2)17-18(19(22)14-7-5-4-6-8-14)21(20(17)23)15-9-11-16(24-3)12-10-15/h4-12,17-18H,1H2,2-3H3/t17-,18-/m1/s1. The molecule has 1 aliphatic heterocycles. The predicted octanol–water partition coefficient (Wildman–Crippen LogP) is 3.49. The molecule has 0 saturated carbocycles. The molecule has 0 bridgehead atoms. The van der Waals surface area contributed by atoms with Crippen LogP contribution in [0.15, 0.2) is 66.7 Å². The molecule has 1 heterocycles. The maximum Gasteiger partial charge on any atom is 0.237 e. The number of methoxy groups -OCH3 is 1. The van der Waals surface area contributed by atoms with Gasteiger partial charge >= 0.3 is 0 Å². The normalized spacial score (nSPS) is 19.6. The number of hydrogen-bond donors (Lipinski definition) is 0. The second-order valence-electron chi connectivity index (χ2n) is 5.91. The molecule has 0 radical (unpaired) electrons. The van der Waals surface area contributed by atoms with Crippen molar-refractivity contribution in [3.63, 3.8) is 0 Å². The van der Waals surface area contributed by atoms with Crippen molar-refractivity contribution < 1.29 is 14.3 Å². The van der Waals surface area contributed by atoms with Crippen LogP contribution in [0.4, 0.5) is 5.69 Å². The van der Waals surface area contributed by atoms with Gasteiger partial charge in [0.15, 0.2) is 5.78 Å². The van der Waals surface area contributed by atoms with E-state index in [1.807, 2.05) is 18.2 Å². The molecule has 1 fully saturated rings. The van der Waals surface area contributed by atoms with E-state index >= 15 is 0 Å². The number of β-lactam (4-membered cyclic amide) rings is 1. The van der Waals surface area contributed by atoms with E-state index < -0.39 is 12.0 Å². The van der Waals surface area contributed by atoms with E-state index in [1.165, 1.54) is 0 Å². The first kappa shape index (κ1) is 16.0. The Kier molecular flexibility index (Phi) is 4.21. The van der Waals surface area contributed by atoms with Gasteiger partial charge in [-0.15, -0.1) is 0 Å². The molecule has 1 amide bonds. The van der Waals surface area contributed by atoms with E-state index in [9.17, 15) is 9.59 Å². The van der Waals surface area contributed by atoms with Crippen LogP contribution in [-0.2, 0) is 4.79 Å². The van der Waals surface area contributed by atoms with E-state index in [1.54, 1.807) is 55.3 Å². The molecule has 0 aliphatic carbocycles. The van der Waals surface area contributed by atoms with Gasteiger partial charge in [-0.05, 0) is 31.2 Å². The fraction of sp³-hybridized carbons (Fsp3) is 0.200. The Hall–Kier alpha value is -2.88. The van der Waals surface area contributed by atoms with Gasteiger partial charge in [0, 0.05) is 11.3 Å². The van der Waals surface area contributed by atoms with Crippen molar-refractivity contribution in [1.82, 2.24) is 0 Å². The average molecular weight is 321 g/mol. The maximum absolute atomic E-state index is 12.9. The van der Waals surface area contributed by atoms with Gasteiger partial charge in [-0.2, -0.15) is 0 Å². The maximum atomic E-state index is 12.9. The topological polar surface area (TPSA) is 46.6 Å². The Balaban J connectivity index is 1.96. The highest BCUT2D eigenvalue weighted by Crippen LogP contribution is 2.38. The van der Waals surface area contributed by atoms with Crippen LogP contribution in [0, 0.1) is 5.92 Å². The molecule has 2 atom stereocenters. The lowest BCUT2D eigenvalue weighted by Crippen LogP contribution is -2.65. The van der Waals surface area contributed by atoms with Gasteiger partial charge in [0.25, 0.3) is 0 Å². The Labute approximate surface area is 141 Å². The number of carbonyl (C=O) groups excluding carboxylic acids is 2. The summed E-state index contributed by atoms with van der Waals surface area (Å²) in [6, 6.07) is 15.6. The molecule has 2 aromatic carbocycles. The molecule has 0 N–H and O–H groups in total. The van der Waals surface area contributed by atoms with E-state index in [0.717, 1.165) is 0 Å². The minimum Gasteiger partial charge on any atom is -0.497 e. The van der Waals surface area contributed by atoms with Gasteiger partial charge < -0.3 is 4.74 Å². The quantitative estimate of drug-likeness (QED) is 0.481. The molecule has 122 valence electrons. The van der Waals surface area contributed by atoms with E-state index in [2.05, 4.69) is 6.58 Å². The molecular weight excluding hydrogens is 302 g/mol. The monoisotopic (exact) mass is 321 g/mol. The third-order valence-corrected chi connectivity index (χ3v) is 4.31. The third-order valence-electron chi connectivity index (χ3n) is 4.31. The highest BCUT2D eigenvalue weighted by Gasteiger charge is 2.52. The molecule has 2 aromatic rings. The largest absolute Gasteiger partial charge is 0.497 e. The molecule has 0 unspecified atom stereocenters. The predicted molar refractivity (Wildman–Crippen MR) is 93.3 cm³/mol. The Bertz CT molecular complexity index is 780. The van der Waals surface area contributed by atoms with Crippen molar-refractivity contribution in [2.75, 3.05) is 12.0 Å². The number of ether oxygens (including phenoxy) is 1. The number of amides is 1. The fourth-order valence-electron chi connectivity index (χ4n) is 3.04. The van der Waals surface area contributed by atoms with Crippen LogP contribution >= 0.6 is 0 Å². The van der Waals surface area contributed by atoms with E-state index in [-0.39, 0.29) is 11.7 Å². The number of nitrogens with zero attached hydrogens (tertiary/aromatic N) is 1. The zero-order chi connectivity index (χ0) is 17.3. The van der Waals surface area contributed by atoms with Crippen LogP contribution in [0.5, 0.6) is 5.75 Å². The summed E-state index contributed by atoms with van der Waals surface area (Å²) < 4.78 is 5.15. The minimum absolute atomic E-state index is 0.0704. The first-order valence-electron chi connectivity index (χ1n) is 7.76. The highest BCUT2D eigenvalue weighted by atomic mass is 16.5. The van der Waals surface area contributed by atoms with Crippen LogP contribution in [-0.4, -0.2) is 24.8 Å². The number of hydrogen-bond acceptors (Lipinski definition) is 3. The second-order valence-corrected chi connectivity index (χ2v) is 5.91. The average Bonchev–Trinajstić information content (AvgIpc) is 2.60. The Morgan fingerprint density at radius 2 is 1.71 bits per heavy atom. The van der Waals surface area contributed by atoms with Gasteiger partial charge in [-0.3, -0.25) is 14.5 Å². The fourth-order valence-corrected chi connectivity index (χ4v) is 3.04. The molecule has 4 nitrogen and oxygen atoms in total. The lowest BCUT2D eigenvalue weighted by Gasteiger charge is -2.46. The summed E-state index contributed by atoms with van der Waals surface area (Å²) in [5.74, 6) is 0.0647. The van der Waals surface area contributed by atoms with Crippen molar-refractivity contribution in [3.05, 3.63) is 72.3 Å². The second kappa shape index (κ2) is 6.32. The first-order valence-corrected chi connectivity index (χ1v) is 7.76. The molecule has 4 heteroatoms. The number of anilines is 1. The van der Waals surface area contributed by atoms with Gasteiger partial charge in [-0.25, -0.2) is 0 Å². The van der Waals surface area contributed by atoms with Crippen molar-refractivity contribution in [2.24, 2.45) is 5.92 Å². The lowest BCUT2D eigenvalue weighted by atomic mass is 9.78. The van der Waals surface area contributed by atoms with Crippen LogP contribution in [0.1, 0.15) is 17.3 Å². The van der Waals surface area contributed by atoms with Gasteiger partial charge in [0.1, 0.15) is 11.8 Å². The smallest absolute Gasteiger partial charge is 0.237 e. The third kappa shape index (κ3) is 2.60. The molecule has 24 heavy (non-hydrogen) atoms. The van der Waals surface area contributed by atoms with Crippen molar-refractivity contribution in [3.8, 4) is 5.75 Å². The zero-order valence-electron chi connectivity index (χ0n) is 13.7. The summed E-state index contributed by atoms with van der Waals surface area (Å²) in [6.45, 7) is 5.68. The van der Waals surface area contributed by atoms with Crippen molar-refractivity contribution in [2.45, 2.75) is 13.0 Å². The summed E-state index contributed by atoms with van der Waals surface area (Å²) in [5.41, 5.74) is 1.99. The van der Waals surface area contributed by atoms with Crippen molar-refractivity contribution >= 4 is 17.4 Å². The van der Waals surface area contributed by atoms with Crippen LogP contribution in [0.2, 0.25) is 0 Å². The molecule has 1 aliphatic rings. The minimum atomic E-state index is -0.550. The molecule has 1 saturated heterocycles. The van der Waals surface area contributed by atoms with E-state index in [0.29, 0.717) is 22.6 Å². The number of carbonyl (C=O) groups is 2. The summed E-state index contributed by atoms with van der Waals surface area (Å²) in [5, 5.41) is 0. The van der Waals surface area contributed by atoms with Crippen LogP contribution in [0.25, 0.3) is 0 Å². The highest BCUT2D eigenvalue weighted by molar-refractivity contribution is 6.17. The number of ketones is 1. The summed E-state index contributed by atoms with van der Waals surface area (Å²) in [4.78, 5) is 27.1. The summed E-state index contributed by atoms with van der Waals surface area (Å²) in [7, 11) is 1.59. The number of benzene rings is 2. The summed E-state index contributed by atoms with van der Waals surface area (Å²) in [6.07, 6.45) is 0. The Morgan fingerprint density at radius 1 is 1.08 bits per heavy atom. The Morgan fingerprint density at radius 3 is 2.25 bits per heavy atom. The van der Waals surface area contributed by atoms with Crippen LogP contribution in [0.3, 0.4) is 0 Å². The van der Waals surface area contributed by atoms with Gasteiger partial charge in [-0.1, -0.05) is 42.5 Å². The molecule has 0 aromatic heterocycles. The molecule has 0 spiro atoms. The SMILES string of the molecule is C=C(C)[C@H]1C(=O)N(c2ccc(OC)cc2)[C@H]1C(=O)c1ccccc1. The zero-order valence-corrected chi connectivity index (χ0v) is 13.7. The lowest BCUT2D eigenvalue weighted by molar-refractivity contribution is -0.127.